The third-order valence-corrected chi connectivity index (χ3v) is 3.24. The van der Waals surface area contributed by atoms with Crippen molar-refractivity contribution in [2.45, 2.75) is 25.7 Å². The Bertz CT molecular complexity index is 479. The van der Waals surface area contributed by atoms with Crippen molar-refractivity contribution in [2.24, 2.45) is 0 Å². The SMILES string of the molecule is CC(NCc1cc(F)ccc1Br)C(=O)NCC(F)(F)F. The van der Waals surface area contributed by atoms with Crippen molar-refractivity contribution in [2.75, 3.05) is 6.54 Å². The highest BCUT2D eigenvalue weighted by atomic mass is 79.9. The zero-order valence-corrected chi connectivity index (χ0v) is 12.1. The van der Waals surface area contributed by atoms with E-state index in [0.717, 1.165) is 0 Å². The molecular weight excluding hydrogens is 344 g/mol. The maximum Gasteiger partial charge on any atom is 0.405 e. The normalized spacial score (nSPS) is 13.1. The van der Waals surface area contributed by atoms with Crippen LogP contribution in [0.1, 0.15) is 12.5 Å². The van der Waals surface area contributed by atoms with Crippen LogP contribution in [0.2, 0.25) is 0 Å². The summed E-state index contributed by atoms with van der Waals surface area (Å²) in [6.07, 6.45) is -4.44. The second-order valence-electron chi connectivity index (χ2n) is 4.17. The lowest BCUT2D eigenvalue weighted by molar-refractivity contribution is -0.139. The lowest BCUT2D eigenvalue weighted by Gasteiger charge is -2.15. The summed E-state index contributed by atoms with van der Waals surface area (Å²) in [6, 6.07) is 3.23. The molecule has 1 rings (SSSR count). The predicted octanol–water partition coefficient (Wildman–Crippen LogP) is 2.74. The van der Waals surface area contributed by atoms with E-state index in [9.17, 15) is 22.4 Å². The molecule has 0 aliphatic rings. The second-order valence-corrected chi connectivity index (χ2v) is 5.03. The second kappa shape index (κ2) is 7.03. The maximum atomic E-state index is 13.0. The fourth-order valence-electron chi connectivity index (χ4n) is 1.37. The monoisotopic (exact) mass is 356 g/mol. The first-order chi connectivity index (χ1) is 9.19. The zero-order chi connectivity index (χ0) is 15.3. The van der Waals surface area contributed by atoms with Crippen LogP contribution in [0.25, 0.3) is 0 Å². The average Bonchev–Trinajstić information content (AvgIpc) is 2.35. The summed E-state index contributed by atoms with van der Waals surface area (Å²) in [6.45, 7) is 0.208. The van der Waals surface area contributed by atoms with Crippen molar-refractivity contribution in [3.8, 4) is 0 Å². The Hall–Kier alpha value is -1.15. The molecule has 0 bridgehead atoms. The summed E-state index contributed by atoms with van der Waals surface area (Å²) in [5.41, 5.74) is 0.570. The predicted molar refractivity (Wildman–Crippen MR) is 69.5 cm³/mol. The lowest BCUT2D eigenvalue weighted by Crippen LogP contribution is -2.45. The summed E-state index contributed by atoms with van der Waals surface area (Å²) in [5, 5.41) is 4.50. The van der Waals surface area contributed by atoms with E-state index in [1.165, 1.54) is 25.1 Å². The first-order valence-electron chi connectivity index (χ1n) is 5.71. The first-order valence-corrected chi connectivity index (χ1v) is 6.50. The van der Waals surface area contributed by atoms with Crippen LogP contribution < -0.4 is 10.6 Å². The topological polar surface area (TPSA) is 41.1 Å². The van der Waals surface area contributed by atoms with Gasteiger partial charge in [-0.1, -0.05) is 15.9 Å². The fraction of sp³-hybridized carbons (Fsp3) is 0.417. The van der Waals surface area contributed by atoms with E-state index in [4.69, 9.17) is 0 Å². The van der Waals surface area contributed by atoms with Crippen LogP contribution in [0.15, 0.2) is 22.7 Å². The largest absolute Gasteiger partial charge is 0.405 e. The lowest BCUT2D eigenvalue weighted by atomic mass is 10.2. The molecule has 1 aromatic carbocycles. The van der Waals surface area contributed by atoms with Gasteiger partial charge in [-0.3, -0.25) is 4.79 Å². The molecule has 2 N–H and O–H groups in total. The number of nitrogens with one attached hydrogen (secondary N) is 2. The van der Waals surface area contributed by atoms with Gasteiger partial charge in [0.25, 0.3) is 0 Å². The van der Waals surface area contributed by atoms with Gasteiger partial charge in [0.2, 0.25) is 5.91 Å². The van der Waals surface area contributed by atoms with Crippen LogP contribution in [0.3, 0.4) is 0 Å². The molecule has 1 amide bonds. The molecule has 0 radical (unpaired) electrons. The standard InChI is InChI=1S/C12H13BrF4N2O/c1-7(11(20)19-6-12(15,16)17)18-5-8-4-9(14)2-3-10(8)13/h2-4,7,18H,5-6H2,1H3,(H,19,20). The molecule has 0 saturated heterocycles. The highest BCUT2D eigenvalue weighted by Gasteiger charge is 2.28. The molecule has 0 aliphatic heterocycles. The van der Waals surface area contributed by atoms with E-state index in [-0.39, 0.29) is 6.54 Å². The molecule has 112 valence electrons. The molecule has 0 fully saturated rings. The third-order valence-electron chi connectivity index (χ3n) is 2.46. The number of carbonyl (C=O) groups excluding carboxylic acids is 1. The number of alkyl halides is 3. The maximum absolute atomic E-state index is 13.0. The van der Waals surface area contributed by atoms with Crippen molar-refractivity contribution >= 4 is 21.8 Å². The molecule has 0 saturated carbocycles. The Morgan fingerprint density at radius 1 is 1.40 bits per heavy atom. The zero-order valence-electron chi connectivity index (χ0n) is 10.5. The van der Waals surface area contributed by atoms with Crippen molar-refractivity contribution < 1.29 is 22.4 Å². The molecular formula is C12H13BrF4N2O. The van der Waals surface area contributed by atoms with E-state index in [1.54, 1.807) is 5.32 Å². The molecule has 0 heterocycles. The summed E-state index contributed by atoms with van der Waals surface area (Å²) in [7, 11) is 0. The van der Waals surface area contributed by atoms with Crippen LogP contribution in [0, 0.1) is 5.82 Å². The number of rotatable bonds is 5. The summed E-state index contributed by atoms with van der Waals surface area (Å²) in [5.74, 6) is -1.20. The van der Waals surface area contributed by atoms with Crippen LogP contribution in [0.5, 0.6) is 0 Å². The fourth-order valence-corrected chi connectivity index (χ4v) is 1.76. The Morgan fingerprint density at radius 3 is 2.65 bits per heavy atom. The first kappa shape index (κ1) is 16.9. The molecule has 0 aliphatic carbocycles. The molecule has 1 atom stereocenters. The van der Waals surface area contributed by atoms with Crippen LogP contribution >= 0.6 is 15.9 Å². The van der Waals surface area contributed by atoms with Crippen molar-refractivity contribution in [1.29, 1.82) is 0 Å². The highest BCUT2D eigenvalue weighted by molar-refractivity contribution is 9.10. The number of amides is 1. The molecule has 8 heteroatoms. The Labute approximate surface area is 121 Å². The smallest absolute Gasteiger partial charge is 0.346 e. The summed E-state index contributed by atoms with van der Waals surface area (Å²) >= 11 is 3.22. The molecule has 3 nitrogen and oxygen atoms in total. The Balaban J connectivity index is 2.48. The minimum atomic E-state index is -4.44. The van der Waals surface area contributed by atoms with Gasteiger partial charge in [0.1, 0.15) is 12.4 Å². The van der Waals surface area contributed by atoms with Crippen LogP contribution in [-0.4, -0.2) is 24.7 Å². The van der Waals surface area contributed by atoms with E-state index < -0.39 is 30.5 Å². The third kappa shape index (κ3) is 5.87. The number of hydrogen-bond acceptors (Lipinski definition) is 2. The number of carbonyl (C=O) groups is 1. The van der Waals surface area contributed by atoms with Crippen molar-refractivity contribution in [3.05, 3.63) is 34.1 Å². The Kier molecular flexibility index (Phi) is 5.94. The Morgan fingerprint density at radius 2 is 2.05 bits per heavy atom. The van der Waals surface area contributed by atoms with Crippen molar-refractivity contribution in [3.63, 3.8) is 0 Å². The minimum Gasteiger partial charge on any atom is -0.346 e. The van der Waals surface area contributed by atoms with Gasteiger partial charge >= 0.3 is 6.18 Å². The molecule has 1 aromatic rings. The summed E-state index contributed by atoms with van der Waals surface area (Å²) < 4.78 is 49.5. The number of benzene rings is 1. The van der Waals surface area contributed by atoms with E-state index in [2.05, 4.69) is 21.2 Å². The van der Waals surface area contributed by atoms with E-state index in [1.807, 2.05) is 0 Å². The molecule has 1 unspecified atom stereocenters. The van der Waals surface area contributed by atoms with Gasteiger partial charge in [0.15, 0.2) is 0 Å². The van der Waals surface area contributed by atoms with Gasteiger partial charge in [-0.25, -0.2) is 4.39 Å². The van der Waals surface area contributed by atoms with Crippen LogP contribution in [0.4, 0.5) is 17.6 Å². The molecule has 0 aromatic heterocycles. The molecule has 20 heavy (non-hydrogen) atoms. The summed E-state index contributed by atoms with van der Waals surface area (Å²) in [4.78, 5) is 11.4. The van der Waals surface area contributed by atoms with Crippen LogP contribution in [-0.2, 0) is 11.3 Å². The van der Waals surface area contributed by atoms with Crippen molar-refractivity contribution in [1.82, 2.24) is 10.6 Å². The number of hydrogen-bond donors (Lipinski definition) is 2. The van der Waals surface area contributed by atoms with Gasteiger partial charge < -0.3 is 10.6 Å². The molecule has 0 spiro atoms. The highest BCUT2D eigenvalue weighted by Crippen LogP contribution is 2.17. The number of halogens is 5. The van der Waals surface area contributed by atoms with Gasteiger partial charge in [0.05, 0.1) is 6.04 Å². The van der Waals surface area contributed by atoms with E-state index in [0.29, 0.717) is 10.0 Å². The van der Waals surface area contributed by atoms with Gasteiger partial charge in [-0.05, 0) is 30.7 Å². The quantitative estimate of drug-likeness (QED) is 0.796. The van der Waals surface area contributed by atoms with Gasteiger partial charge in [0, 0.05) is 11.0 Å². The van der Waals surface area contributed by atoms with Gasteiger partial charge in [-0.2, -0.15) is 13.2 Å². The average molecular weight is 357 g/mol. The van der Waals surface area contributed by atoms with E-state index >= 15 is 0 Å². The van der Waals surface area contributed by atoms with Gasteiger partial charge in [-0.15, -0.1) is 0 Å². The minimum absolute atomic E-state index is 0.152.